The number of hydrogen-bond acceptors (Lipinski definition) is 4. The molecule has 0 spiro atoms. The average molecular weight is 296 g/mol. The van der Waals surface area contributed by atoms with Gasteiger partial charge in [-0.1, -0.05) is 23.7 Å². The summed E-state index contributed by atoms with van der Waals surface area (Å²) in [5.74, 6) is -1.44. The van der Waals surface area contributed by atoms with E-state index in [0.29, 0.717) is 10.6 Å². The van der Waals surface area contributed by atoms with E-state index in [9.17, 15) is 14.9 Å². The molecular weight excluding hydrogens is 286 g/mol. The van der Waals surface area contributed by atoms with Gasteiger partial charge >= 0.3 is 11.7 Å². The van der Waals surface area contributed by atoms with Crippen molar-refractivity contribution in [1.29, 1.82) is 0 Å². The number of benzene rings is 1. The van der Waals surface area contributed by atoms with Gasteiger partial charge in [-0.25, -0.2) is 4.79 Å². The Balaban J connectivity index is 2.37. The second kappa shape index (κ2) is 5.30. The maximum absolute atomic E-state index is 10.9. The van der Waals surface area contributed by atoms with E-state index < -0.39 is 22.3 Å². The number of halogens is 1. The molecule has 7 nitrogen and oxygen atoms in total. The molecule has 1 N–H and O–H groups in total. The minimum Gasteiger partial charge on any atom is -0.476 e. The van der Waals surface area contributed by atoms with Crippen LogP contribution in [0.4, 0.5) is 5.69 Å². The maximum atomic E-state index is 10.9. The summed E-state index contributed by atoms with van der Waals surface area (Å²) in [5, 5.41) is 23.9. The number of aromatic carboxylic acids is 1. The molecule has 0 aliphatic heterocycles. The fourth-order valence-electron chi connectivity index (χ4n) is 1.73. The number of aromatic nitrogens is 2. The Bertz CT molecular complexity index is 665. The van der Waals surface area contributed by atoms with Crippen LogP contribution < -0.4 is 0 Å². The van der Waals surface area contributed by atoms with Crippen LogP contribution in [0.2, 0.25) is 5.02 Å². The molecule has 0 amide bonds. The van der Waals surface area contributed by atoms with E-state index in [4.69, 9.17) is 16.7 Å². The van der Waals surface area contributed by atoms with Crippen LogP contribution >= 0.6 is 11.6 Å². The number of carboxylic acids is 1. The molecule has 2 rings (SSSR count). The third kappa shape index (κ3) is 2.77. The van der Waals surface area contributed by atoms with Gasteiger partial charge in [0.25, 0.3) is 0 Å². The van der Waals surface area contributed by atoms with Crippen molar-refractivity contribution >= 4 is 23.3 Å². The first-order valence-corrected chi connectivity index (χ1v) is 5.96. The molecule has 0 radical (unpaired) electrons. The molecule has 2 aromatic rings. The van der Waals surface area contributed by atoms with Crippen molar-refractivity contribution in [3.05, 3.63) is 56.4 Å². The molecular formula is C12H10ClN3O4. The largest absolute Gasteiger partial charge is 0.476 e. The van der Waals surface area contributed by atoms with Crippen molar-refractivity contribution in [2.75, 3.05) is 0 Å². The third-order valence-electron chi connectivity index (χ3n) is 2.68. The van der Waals surface area contributed by atoms with E-state index in [2.05, 4.69) is 5.10 Å². The zero-order valence-electron chi connectivity index (χ0n) is 10.4. The van der Waals surface area contributed by atoms with Crippen LogP contribution in [0.1, 0.15) is 21.6 Å². The molecule has 0 aliphatic rings. The lowest BCUT2D eigenvalue weighted by Crippen LogP contribution is -2.05. The molecule has 0 bridgehead atoms. The standard InChI is InChI=1S/C12H10ClN3O4/c1-7-2-3-8(9(13)4-7)5-15-6-10(16(19)20)11(14-15)12(17)18/h2-4,6H,5H2,1H3,(H,17,18). The highest BCUT2D eigenvalue weighted by Crippen LogP contribution is 2.21. The molecule has 0 fully saturated rings. The maximum Gasteiger partial charge on any atom is 0.363 e. The summed E-state index contributed by atoms with van der Waals surface area (Å²) in [6, 6.07) is 5.37. The fraction of sp³-hybridized carbons (Fsp3) is 0.167. The van der Waals surface area contributed by atoms with Crippen LogP contribution in [-0.4, -0.2) is 25.8 Å². The van der Waals surface area contributed by atoms with Gasteiger partial charge in [-0.05, 0) is 24.1 Å². The lowest BCUT2D eigenvalue weighted by atomic mass is 10.1. The van der Waals surface area contributed by atoms with Crippen molar-refractivity contribution < 1.29 is 14.8 Å². The summed E-state index contributed by atoms with van der Waals surface area (Å²) >= 11 is 6.06. The Morgan fingerprint density at radius 2 is 2.25 bits per heavy atom. The molecule has 0 unspecified atom stereocenters. The summed E-state index contributed by atoms with van der Waals surface area (Å²) < 4.78 is 1.19. The van der Waals surface area contributed by atoms with Crippen molar-refractivity contribution in [1.82, 2.24) is 9.78 Å². The van der Waals surface area contributed by atoms with E-state index in [0.717, 1.165) is 11.8 Å². The zero-order valence-corrected chi connectivity index (χ0v) is 11.2. The number of aryl methyl sites for hydroxylation is 1. The highest BCUT2D eigenvalue weighted by atomic mass is 35.5. The van der Waals surface area contributed by atoms with Gasteiger partial charge in [0.1, 0.15) is 6.20 Å². The number of carboxylic acid groups (broad SMARTS) is 1. The fourth-order valence-corrected chi connectivity index (χ4v) is 2.03. The Morgan fingerprint density at radius 1 is 1.55 bits per heavy atom. The molecule has 0 saturated heterocycles. The van der Waals surface area contributed by atoms with Crippen LogP contribution in [-0.2, 0) is 6.54 Å². The quantitative estimate of drug-likeness (QED) is 0.690. The predicted molar refractivity (Wildman–Crippen MR) is 71.1 cm³/mol. The minimum absolute atomic E-state index is 0.160. The number of carbonyl (C=O) groups is 1. The number of nitro groups is 1. The summed E-state index contributed by atoms with van der Waals surface area (Å²) in [6.07, 6.45) is 1.08. The Labute approximate surface area is 118 Å². The smallest absolute Gasteiger partial charge is 0.363 e. The number of nitrogens with zero attached hydrogens (tertiary/aromatic N) is 3. The first-order chi connectivity index (χ1) is 9.38. The van der Waals surface area contributed by atoms with Gasteiger partial charge in [-0.2, -0.15) is 5.10 Å². The van der Waals surface area contributed by atoms with Gasteiger partial charge in [0.2, 0.25) is 5.69 Å². The molecule has 0 aliphatic carbocycles. The predicted octanol–water partition coefficient (Wildman–Crippen LogP) is 2.50. The van der Waals surface area contributed by atoms with Crippen molar-refractivity contribution in [2.24, 2.45) is 0 Å². The highest BCUT2D eigenvalue weighted by Gasteiger charge is 2.25. The molecule has 0 saturated carbocycles. The average Bonchev–Trinajstić information content (AvgIpc) is 2.77. The van der Waals surface area contributed by atoms with Crippen molar-refractivity contribution in [2.45, 2.75) is 13.5 Å². The monoisotopic (exact) mass is 295 g/mol. The topological polar surface area (TPSA) is 98.3 Å². The first kappa shape index (κ1) is 14.0. The summed E-state index contributed by atoms with van der Waals surface area (Å²) in [6.45, 7) is 2.05. The molecule has 1 heterocycles. The first-order valence-electron chi connectivity index (χ1n) is 5.58. The summed E-state index contributed by atoms with van der Waals surface area (Å²) in [7, 11) is 0. The number of hydrogen-bond donors (Lipinski definition) is 1. The van der Waals surface area contributed by atoms with Crippen LogP contribution in [0.15, 0.2) is 24.4 Å². The van der Waals surface area contributed by atoms with Crippen molar-refractivity contribution in [3.8, 4) is 0 Å². The molecule has 1 aromatic carbocycles. The SMILES string of the molecule is Cc1ccc(Cn2cc([N+](=O)[O-])c(C(=O)O)n2)c(Cl)c1. The second-order valence-corrected chi connectivity index (χ2v) is 4.62. The molecule has 0 atom stereocenters. The van der Waals surface area contributed by atoms with E-state index in [1.54, 1.807) is 12.1 Å². The second-order valence-electron chi connectivity index (χ2n) is 4.22. The molecule has 8 heteroatoms. The van der Waals surface area contributed by atoms with E-state index in [-0.39, 0.29) is 6.54 Å². The van der Waals surface area contributed by atoms with Gasteiger partial charge in [-0.3, -0.25) is 14.8 Å². The van der Waals surface area contributed by atoms with Crippen LogP contribution in [0.3, 0.4) is 0 Å². The van der Waals surface area contributed by atoms with Gasteiger partial charge in [0, 0.05) is 5.02 Å². The minimum atomic E-state index is -1.44. The molecule has 20 heavy (non-hydrogen) atoms. The molecule has 104 valence electrons. The van der Waals surface area contributed by atoms with Gasteiger partial charge in [-0.15, -0.1) is 0 Å². The van der Waals surface area contributed by atoms with Crippen molar-refractivity contribution in [3.63, 3.8) is 0 Å². The van der Waals surface area contributed by atoms with Gasteiger partial charge < -0.3 is 5.11 Å². The lowest BCUT2D eigenvalue weighted by Gasteiger charge is -2.04. The van der Waals surface area contributed by atoms with Crippen LogP contribution in [0.5, 0.6) is 0 Å². The van der Waals surface area contributed by atoms with E-state index in [1.807, 2.05) is 13.0 Å². The Kier molecular flexibility index (Phi) is 3.71. The zero-order chi connectivity index (χ0) is 14.9. The summed E-state index contributed by atoms with van der Waals surface area (Å²) in [4.78, 5) is 20.9. The normalized spacial score (nSPS) is 10.5. The molecule has 1 aromatic heterocycles. The third-order valence-corrected chi connectivity index (χ3v) is 3.03. The van der Waals surface area contributed by atoms with Crippen LogP contribution in [0.25, 0.3) is 0 Å². The van der Waals surface area contributed by atoms with E-state index in [1.165, 1.54) is 4.68 Å². The van der Waals surface area contributed by atoms with Gasteiger partial charge in [0.05, 0.1) is 11.5 Å². The number of rotatable bonds is 4. The lowest BCUT2D eigenvalue weighted by molar-refractivity contribution is -0.385. The summed E-state index contributed by atoms with van der Waals surface area (Å²) in [5.41, 5.74) is 0.557. The Hall–Kier alpha value is -2.41. The highest BCUT2D eigenvalue weighted by molar-refractivity contribution is 6.31. The van der Waals surface area contributed by atoms with Gasteiger partial charge in [0.15, 0.2) is 0 Å². The Morgan fingerprint density at radius 3 is 2.75 bits per heavy atom. The van der Waals surface area contributed by atoms with E-state index >= 15 is 0 Å². The van der Waals surface area contributed by atoms with Crippen LogP contribution in [0, 0.1) is 17.0 Å².